The van der Waals surface area contributed by atoms with Crippen LogP contribution in [-0.2, 0) is 11.2 Å². The molecule has 0 aliphatic carbocycles. The highest BCUT2D eigenvalue weighted by molar-refractivity contribution is 5.71. The number of nitrogen functional groups attached to an aromatic ring is 2. The second kappa shape index (κ2) is 4.07. The number of alkyl halides is 2. The van der Waals surface area contributed by atoms with Crippen molar-refractivity contribution in [1.82, 2.24) is 4.98 Å². The first-order chi connectivity index (χ1) is 6.91. The molecule has 0 spiro atoms. The average molecular weight is 217 g/mol. The molecule has 0 atom stereocenters. The Morgan fingerprint density at radius 3 is 2.60 bits per heavy atom. The van der Waals surface area contributed by atoms with Gasteiger partial charge in [0.25, 0.3) is 6.43 Å². The van der Waals surface area contributed by atoms with E-state index in [9.17, 15) is 13.6 Å². The zero-order chi connectivity index (χ0) is 11.6. The van der Waals surface area contributed by atoms with Gasteiger partial charge in [-0.3, -0.25) is 4.79 Å². The highest BCUT2D eigenvalue weighted by Crippen LogP contribution is 2.28. The molecule has 0 aromatic carbocycles. The summed E-state index contributed by atoms with van der Waals surface area (Å²) in [5.74, 6) is -1.45. The molecule has 0 radical (unpaired) electrons. The Morgan fingerprint density at radius 1 is 1.53 bits per heavy atom. The molecule has 82 valence electrons. The molecule has 0 saturated carbocycles. The zero-order valence-corrected chi connectivity index (χ0v) is 7.58. The van der Waals surface area contributed by atoms with E-state index in [0.29, 0.717) is 0 Å². The number of carboxylic acids is 1. The molecule has 0 fully saturated rings. The van der Waals surface area contributed by atoms with Gasteiger partial charge in [-0.05, 0) is 6.07 Å². The van der Waals surface area contributed by atoms with Crippen molar-refractivity contribution >= 4 is 17.5 Å². The number of nitrogens with two attached hydrogens (primary N) is 2. The molecule has 0 saturated heterocycles. The van der Waals surface area contributed by atoms with Gasteiger partial charge in [-0.1, -0.05) is 0 Å². The number of rotatable bonds is 3. The van der Waals surface area contributed by atoms with Crippen LogP contribution < -0.4 is 11.5 Å². The average Bonchev–Trinajstić information content (AvgIpc) is 2.09. The highest BCUT2D eigenvalue weighted by atomic mass is 19.3. The molecule has 0 amide bonds. The molecule has 0 aliphatic heterocycles. The Kier molecular flexibility index (Phi) is 3.03. The maximum atomic E-state index is 12.4. The third-order valence-corrected chi connectivity index (χ3v) is 1.74. The van der Waals surface area contributed by atoms with Crippen molar-refractivity contribution in [2.24, 2.45) is 0 Å². The maximum Gasteiger partial charge on any atom is 0.309 e. The van der Waals surface area contributed by atoms with Crippen molar-refractivity contribution in [3.63, 3.8) is 0 Å². The first-order valence-corrected chi connectivity index (χ1v) is 3.96. The normalized spacial score (nSPS) is 10.6. The van der Waals surface area contributed by atoms with Crippen LogP contribution in [0.1, 0.15) is 17.7 Å². The molecule has 15 heavy (non-hydrogen) atoms. The molecule has 5 N–H and O–H groups in total. The Bertz CT molecular complexity index is 396. The topological polar surface area (TPSA) is 102 Å². The predicted molar refractivity (Wildman–Crippen MR) is 49.4 cm³/mol. The molecule has 0 aliphatic rings. The Labute approximate surface area is 83.7 Å². The highest BCUT2D eigenvalue weighted by Gasteiger charge is 2.16. The van der Waals surface area contributed by atoms with Gasteiger partial charge < -0.3 is 16.6 Å². The van der Waals surface area contributed by atoms with E-state index >= 15 is 0 Å². The van der Waals surface area contributed by atoms with Gasteiger partial charge >= 0.3 is 5.97 Å². The Morgan fingerprint density at radius 2 is 2.13 bits per heavy atom. The summed E-state index contributed by atoms with van der Waals surface area (Å²) in [6.45, 7) is 0. The third kappa shape index (κ3) is 2.52. The number of carboxylic acid groups (broad SMARTS) is 1. The minimum atomic E-state index is -2.80. The lowest BCUT2D eigenvalue weighted by molar-refractivity contribution is -0.136. The molecule has 1 heterocycles. The molecule has 1 aromatic heterocycles. The summed E-state index contributed by atoms with van der Waals surface area (Å²) in [6, 6.07) is 0.949. The first kappa shape index (κ1) is 11.2. The van der Waals surface area contributed by atoms with Gasteiger partial charge in [-0.25, -0.2) is 13.8 Å². The van der Waals surface area contributed by atoms with E-state index in [1.807, 2.05) is 0 Å². The molecular weight excluding hydrogens is 208 g/mol. The van der Waals surface area contributed by atoms with Crippen molar-refractivity contribution in [3.05, 3.63) is 17.3 Å². The van der Waals surface area contributed by atoms with Crippen molar-refractivity contribution < 1.29 is 18.7 Å². The summed E-state index contributed by atoms with van der Waals surface area (Å²) in [5.41, 5.74) is 9.71. The zero-order valence-electron chi connectivity index (χ0n) is 7.58. The fourth-order valence-corrected chi connectivity index (χ4v) is 1.08. The van der Waals surface area contributed by atoms with Gasteiger partial charge in [0, 0.05) is 5.56 Å². The van der Waals surface area contributed by atoms with Gasteiger partial charge in [-0.2, -0.15) is 0 Å². The van der Waals surface area contributed by atoms with Crippen molar-refractivity contribution in [2.75, 3.05) is 11.5 Å². The quantitative estimate of drug-likeness (QED) is 0.695. The molecule has 0 unspecified atom stereocenters. The SMILES string of the molecule is Nc1nc(CC(=O)O)cc(C(F)F)c1N. The standard InChI is InChI=1S/C8H9F2N3O2/c9-7(10)4-1-3(2-5(14)15)13-8(12)6(4)11/h1,7H,2,11H2,(H2,12,13)(H,14,15). The van der Waals surface area contributed by atoms with E-state index in [1.165, 1.54) is 0 Å². The van der Waals surface area contributed by atoms with E-state index in [0.717, 1.165) is 6.07 Å². The largest absolute Gasteiger partial charge is 0.481 e. The Balaban J connectivity index is 3.17. The van der Waals surface area contributed by atoms with Gasteiger partial charge in [0.05, 0.1) is 17.8 Å². The lowest BCUT2D eigenvalue weighted by Crippen LogP contribution is -2.09. The Hall–Kier alpha value is -1.92. The second-order valence-electron chi connectivity index (χ2n) is 2.87. The van der Waals surface area contributed by atoms with Crippen LogP contribution in [-0.4, -0.2) is 16.1 Å². The summed E-state index contributed by atoms with van der Waals surface area (Å²) in [4.78, 5) is 13.9. The first-order valence-electron chi connectivity index (χ1n) is 3.96. The van der Waals surface area contributed by atoms with Gasteiger partial charge in [-0.15, -0.1) is 0 Å². The number of aliphatic carboxylic acids is 1. The number of halogens is 2. The van der Waals surface area contributed by atoms with Crippen LogP contribution in [0.15, 0.2) is 6.07 Å². The number of aromatic nitrogens is 1. The molecule has 1 aromatic rings. The van der Waals surface area contributed by atoms with Crippen molar-refractivity contribution in [3.8, 4) is 0 Å². The maximum absolute atomic E-state index is 12.4. The summed E-state index contributed by atoms with van der Waals surface area (Å²) in [7, 11) is 0. The predicted octanol–water partition coefficient (Wildman–Crippen LogP) is 0.811. The van der Waals surface area contributed by atoms with Crippen molar-refractivity contribution in [2.45, 2.75) is 12.8 Å². The van der Waals surface area contributed by atoms with Crippen LogP contribution in [0.3, 0.4) is 0 Å². The minimum Gasteiger partial charge on any atom is -0.481 e. The number of pyridine rings is 1. The summed E-state index contributed by atoms with van der Waals surface area (Å²) < 4.78 is 24.8. The molecular formula is C8H9F2N3O2. The summed E-state index contributed by atoms with van der Waals surface area (Å²) in [6.07, 6.45) is -3.27. The lowest BCUT2D eigenvalue weighted by Gasteiger charge is -2.08. The van der Waals surface area contributed by atoms with E-state index in [4.69, 9.17) is 16.6 Å². The third-order valence-electron chi connectivity index (χ3n) is 1.74. The van der Waals surface area contributed by atoms with Crippen LogP contribution in [0.4, 0.5) is 20.3 Å². The molecule has 0 bridgehead atoms. The van der Waals surface area contributed by atoms with E-state index in [2.05, 4.69) is 4.98 Å². The van der Waals surface area contributed by atoms with Crippen LogP contribution in [0.5, 0.6) is 0 Å². The number of carbonyl (C=O) groups is 1. The summed E-state index contributed by atoms with van der Waals surface area (Å²) in [5, 5.41) is 8.46. The van der Waals surface area contributed by atoms with Gasteiger partial charge in [0.2, 0.25) is 0 Å². The van der Waals surface area contributed by atoms with Crippen LogP contribution >= 0.6 is 0 Å². The van der Waals surface area contributed by atoms with Crippen LogP contribution in [0, 0.1) is 0 Å². The fourth-order valence-electron chi connectivity index (χ4n) is 1.08. The van der Waals surface area contributed by atoms with Crippen molar-refractivity contribution in [1.29, 1.82) is 0 Å². The number of hydrogen-bond donors (Lipinski definition) is 3. The van der Waals surface area contributed by atoms with Gasteiger partial charge in [0.1, 0.15) is 5.82 Å². The molecule has 5 nitrogen and oxygen atoms in total. The van der Waals surface area contributed by atoms with E-state index in [1.54, 1.807) is 0 Å². The molecule has 1 rings (SSSR count). The molecule has 7 heteroatoms. The lowest BCUT2D eigenvalue weighted by atomic mass is 10.1. The smallest absolute Gasteiger partial charge is 0.309 e. The monoisotopic (exact) mass is 217 g/mol. The fraction of sp³-hybridized carbons (Fsp3) is 0.250. The van der Waals surface area contributed by atoms with Crippen LogP contribution in [0.25, 0.3) is 0 Å². The number of nitrogens with zero attached hydrogens (tertiary/aromatic N) is 1. The van der Waals surface area contributed by atoms with Crippen LogP contribution in [0.2, 0.25) is 0 Å². The van der Waals surface area contributed by atoms with E-state index in [-0.39, 0.29) is 17.2 Å². The number of anilines is 2. The minimum absolute atomic E-state index is 0.0375. The van der Waals surface area contributed by atoms with Gasteiger partial charge in [0.15, 0.2) is 0 Å². The number of hydrogen-bond acceptors (Lipinski definition) is 4. The second-order valence-corrected chi connectivity index (χ2v) is 2.87. The summed E-state index contributed by atoms with van der Waals surface area (Å²) >= 11 is 0. The van der Waals surface area contributed by atoms with E-state index < -0.39 is 24.4 Å².